The summed E-state index contributed by atoms with van der Waals surface area (Å²) in [7, 11) is -2.58. The maximum absolute atomic E-state index is 13.1. The monoisotopic (exact) mass is 444 g/mol. The number of nitrogens with zero attached hydrogens (tertiary/aromatic N) is 1. The molecule has 0 radical (unpaired) electrons. The van der Waals surface area contributed by atoms with Crippen LogP contribution in [0.15, 0.2) is 57.9 Å². The largest absolute Gasteiger partial charge is 0.495 e. The molecule has 1 N–H and O–H groups in total. The third-order valence-corrected chi connectivity index (χ3v) is 5.96. The molecule has 0 amide bonds. The van der Waals surface area contributed by atoms with E-state index in [1.165, 1.54) is 25.3 Å². The standard InChI is InChI=1S/C22H24N2O6S/c1-5-29-22(25)18-13-20(30-23-18)16-8-11-19(28-4)21(12-16)31(26,27)24-17-9-6-15(7-10-17)14(2)3/h6-14,24H,5H2,1-4H3. The fourth-order valence-electron chi connectivity index (χ4n) is 2.90. The molecule has 0 bridgehead atoms. The highest BCUT2D eigenvalue weighted by atomic mass is 32.2. The minimum absolute atomic E-state index is 0.000410. The number of ether oxygens (including phenoxy) is 2. The molecular formula is C22H24N2O6S. The summed E-state index contributed by atoms with van der Waals surface area (Å²) < 4.78 is 44.1. The topological polar surface area (TPSA) is 108 Å². The van der Waals surface area contributed by atoms with Crippen LogP contribution in [0.2, 0.25) is 0 Å². The van der Waals surface area contributed by atoms with Gasteiger partial charge in [0.05, 0.1) is 13.7 Å². The predicted molar refractivity (Wildman–Crippen MR) is 116 cm³/mol. The number of rotatable bonds is 8. The third kappa shape index (κ3) is 5.05. The molecule has 0 fully saturated rings. The fraction of sp³-hybridized carbons (Fsp3) is 0.273. The number of anilines is 1. The lowest BCUT2D eigenvalue weighted by atomic mass is 10.0. The average Bonchev–Trinajstić information content (AvgIpc) is 3.24. The van der Waals surface area contributed by atoms with E-state index in [2.05, 4.69) is 23.7 Å². The van der Waals surface area contributed by atoms with Crippen molar-refractivity contribution < 1.29 is 27.2 Å². The van der Waals surface area contributed by atoms with Crippen LogP contribution in [0.5, 0.6) is 5.75 Å². The smallest absolute Gasteiger partial charge is 0.360 e. The van der Waals surface area contributed by atoms with Crippen molar-refractivity contribution in [3.63, 3.8) is 0 Å². The molecule has 1 aromatic heterocycles. The molecule has 9 heteroatoms. The summed E-state index contributed by atoms with van der Waals surface area (Å²) in [5.74, 6) is 0.109. The lowest BCUT2D eigenvalue weighted by molar-refractivity contribution is 0.0514. The third-order valence-electron chi connectivity index (χ3n) is 4.56. The van der Waals surface area contributed by atoms with Crippen molar-refractivity contribution in [3.05, 3.63) is 59.8 Å². The summed E-state index contributed by atoms with van der Waals surface area (Å²) in [6, 6.07) is 13.1. The van der Waals surface area contributed by atoms with Crippen LogP contribution in [-0.2, 0) is 14.8 Å². The minimum atomic E-state index is -3.97. The van der Waals surface area contributed by atoms with Gasteiger partial charge in [0.1, 0.15) is 10.6 Å². The van der Waals surface area contributed by atoms with Gasteiger partial charge in [0.2, 0.25) is 0 Å². The Kier molecular flexibility index (Phi) is 6.65. The zero-order valence-electron chi connectivity index (χ0n) is 17.7. The Morgan fingerprint density at radius 2 is 1.84 bits per heavy atom. The number of aromatic nitrogens is 1. The Bertz CT molecular complexity index is 1170. The lowest BCUT2D eigenvalue weighted by Gasteiger charge is -2.13. The highest BCUT2D eigenvalue weighted by Crippen LogP contribution is 2.32. The highest BCUT2D eigenvalue weighted by Gasteiger charge is 2.23. The van der Waals surface area contributed by atoms with Gasteiger partial charge in [-0.3, -0.25) is 4.72 Å². The number of sulfonamides is 1. The van der Waals surface area contributed by atoms with Gasteiger partial charge in [0.25, 0.3) is 10.0 Å². The number of carbonyl (C=O) groups is 1. The van der Waals surface area contributed by atoms with Crippen LogP contribution in [-0.4, -0.2) is 33.3 Å². The molecule has 0 unspecified atom stereocenters. The number of esters is 1. The number of nitrogens with one attached hydrogen (secondary N) is 1. The first-order chi connectivity index (χ1) is 14.7. The molecule has 0 saturated carbocycles. The normalized spacial score (nSPS) is 11.4. The summed E-state index contributed by atoms with van der Waals surface area (Å²) in [6.45, 7) is 6.01. The van der Waals surface area contributed by atoms with E-state index in [9.17, 15) is 13.2 Å². The zero-order valence-corrected chi connectivity index (χ0v) is 18.5. The maximum Gasteiger partial charge on any atom is 0.360 e. The van der Waals surface area contributed by atoms with E-state index in [4.69, 9.17) is 14.0 Å². The van der Waals surface area contributed by atoms with Crippen molar-refractivity contribution >= 4 is 21.7 Å². The van der Waals surface area contributed by atoms with Gasteiger partial charge in [0.15, 0.2) is 11.5 Å². The van der Waals surface area contributed by atoms with Crippen molar-refractivity contribution in [1.82, 2.24) is 5.16 Å². The van der Waals surface area contributed by atoms with Gasteiger partial charge in [-0.25, -0.2) is 13.2 Å². The first-order valence-electron chi connectivity index (χ1n) is 9.70. The predicted octanol–water partition coefficient (Wildman–Crippen LogP) is 4.45. The second kappa shape index (κ2) is 9.22. The lowest BCUT2D eigenvalue weighted by Crippen LogP contribution is -2.14. The van der Waals surface area contributed by atoms with E-state index in [1.54, 1.807) is 25.1 Å². The van der Waals surface area contributed by atoms with E-state index in [0.29, 0.717) is 17.2 Å². The van der Waals surface area contributed by atoms with Crippen molar-refractivity contribution in [2.45, 2.75) is 31.6 Å². The van der Waals surface area contributed by atoms with E-state index in [1.807, 2.05) is 12.1 Å². The van der Waals surface area contributed by atoms with Crippen LogP contribution in [0.1, 0.15) is 42.7 Å². The quantitative estimate of drug-likeness (QED) is 0.511. The van der Waals surface area contributed by atoms with Gasteiger partial charge < -0.3 is 14.0 Å². The van der Waals surface area contributed by atoms with Crippen LogP contribution < -0.4 is 9.46 Å². The van der Waals surface area contributed by atoms with E-state index in [0.717, 1.165) is 5.56 Å². The molecule has 2 aromatic carbocycles. The fourth-order valence-corrected chi connectivity index (χ4v) is 4.15. The summed E-state index contributed by atoms with van der Waals surface area (Å²) in [6.07, 6.45) is 0. The van der Waals surface area contributed by atoms with Crippen LogP contribution in [0.25, 0.3) is 11.3 Å². The molecule has 8 nitrogen and oxygen atoms in total. The molecule has 0 saturated heterocycles. The average molecular weight is 445 g/mol. The Labute approximate surface area is 181 Å². The van der Waals surface area contributed by atoms with E-state index in [-0.39, 0.29) is 28.7 Å². The Morgan fingerprint density at radius 3 is 2.45 bits per heavy atom. The van der Waals surface area contributed by atoms with Crippen molar-refractivity contribution in [3.8, 4) is 17.1 Å². The summed E-state index contributed by atoms with van der Waals surface area (Å²) in [4.78, 5) is 11.7. The Hall–Kier alpha value is -3.33. The molecule has 0 spiro atoms. The molecule has 0 aliphatic carbocycles. The number of hydrogen-bond donors (Lipinski definition) is 1. The van der Waals surface area contributed by atoms with Crippen LogP contribution in [0.3, 0.4) is 0 Å². The SMILES string of the molecule is CCOC(=O)c1cc(-c2ccc(OC)c(S(=O)(=O)Nc3ccc(C(C)C)cc3)c2)on1. The van der Waals surface area contributed by atoms with Gasteiger partial charge in [-0.15, -0.1) is 0 Å². The molecule has 3 aromatic rings. The number of methoxy groups -OCH3 is 1. The van der Waals surface area contributed by atoms with Gasteiger partial charge in [-0.05, 0) is 48.7 Å². The molecule has 0 atom stereocenters. The maximum atomic E-state index is 13.1. The summed E-state index contributed by atoms with van der Waals surface area (Å²) in [5.41, 5.74) is 1.95. The minimum Gasteiger partial charge on any atom is -0.495 e. The van der Waals surface area contributed by atoms with Gasteiger partial charge in [-0.2, -0.15) is 0 Å². The molecule has 31 heavy (non-hydrogen) atoms. The molecule has 164 valence electrons. The molecule has 3 rings (SSSR count). The summed E-state index contributed by atoms with van der Waals surface area (Å²) in [5, 5.41) is 3.69. The van der Waals surface area contributed by atoms with E-state index < -0.39 is 16.0 Å². The Balaban J connectivity index is 1.93. The number of carbonyl (C=O) groups excluding carboxylic acids is 1. The van der Waals surface area contributed by atoms with Gasteiger partial charge in [0, 0.05) is 17.3 Å². The second-order valence-electron chi connectivity index (χ2n) is 7.04. The Morgan fingerprint density at radius 1 is 1.13 bits per heavy atom. The van der Waals surface area contributed by atoms with Crippen molar-refractivity contribution in [2.75, 3.05) is 18.4 Å². The summed E-state index contributed by atoms with van der Waals surface area (Å²) >= 11 is 0. The first kappa shape index (κ1) is 22.4. The van der Waals surface area contributed by atoms with Crippen molar-refractivity contribution in [1.29, 1.82) is 0 Å². The highest BCUT2D eigenvalue weighted by molar-refractivity contribution is 7.92. The zero-order chi connectivity index (χ0) is 22.6. The molecule has 0 aliphatic heterocycles. The van der Waals surface area contributed by atoms with Crippen LogP contribution in [0, 0.1) is 0 Å². The van der Waals surface area contributed by atoms with E-state index >= 15 is 0 Å². The number of hydrogen-bond acceptors (Lipinski definition) is 7. The number of benzene rings is 2. The van der Waals surface area contributed by atoms with Gasteiger partial charge >= 0.3 is 5.97 Å². The van der Waals surface area contributed by atoms with Crippen LogP contribution in [0.4, 0.5) is 5.69 Å². The molecule has 1 heterocycles. The molecular weight excluding hydrogens is 420 g/mol. The first-order valence-corrected chi connectivity index (χ1v) is 11.2. The van der Waals surface area contributed by atoms with Crippen molar-refractivity contribution in [2.24, 2.45) is 0 Å². The van der Waals surface area contributed by atoms with Gasteiger partial charge in [-0.1, -0.05) is 31.1 Å². The molecule has 0 aliphatic rings. The second-order valence-corrected chi connectivity index (χ2v) is 8.70. The van der Waals surface area contributed by atoms with Crippen LogP contribution >= 0.6 is 0 Å².